The number of hydrogen-bond donors (Lipinski definition) is 2. The first kappa shape index (κ1) is 16.5. The van der Waals surface area contributed by atoms with Crippen molar-refractivity contribution >= 4 is 5.91 Å². The lowest BCUT2D eigenvalue weighted by molar-refractivity contribution is -0.124. The summed E-state index contributed by atoms with van der Waals surface area (Å²) in [5.41, 5.74) is 1.14. The van der Waals surface area contributed by atoms with Crippen LogP contribution in [-0.2, 0) is 16.1 Å². The van der Waals surface area contributed by atoms with Crippen LogP contribution in [-0.4, -0.2) is 38.8 Å². The van der Waals surface area contributed by atoms with Crippen molar-refractivity contribution in [2.75, 3.05) is 26.9 Å². The predicted molar refractivity (Wildman–Crippen MR) is 78.8 cm³/mol. The minimum absolute atomic E-state index is 0.0126. The SMILES string of the molecule is CCNCc1cccc(OCC(=O)NC(C)COC)c1. The fraction of sp³-hybridized carbons (Fsp3) is 0.533. The van der Waals surface area contributed by atoms with Crippen LogP contribution in [0.15, 0.2) is 24.3 Å². The van der Waals surface area contributed by atoms with Crippen LogP contribution in [0.2, 0.25) is 0 Å². The lowest BCUT2D eigenvalue weighted by Crippen LogP contribution is -2.38. The molecule has 5 heteroatoms. The van der Waals surface area contributed by atoms with Crippen LogP contribution < -0.4 is 15.4 Å². The second kappa shape index (κ2) is 9.34. The highest BCUT2D eigenvalue weighted by atomic mass is 16.5. The molecule has 0 aliphatic rings. The quantitative estimate of drug-likeness (QED) is 0.716. The molecule has 1 amide bonds. The molecule has 0 heterocycles. The second-order valence-electron chi connectivity index (χ2n) is 4.64. The van der Waals surface area contributed by atoms with Crippen LogP contribution in [0, 0.1) is 0 Å². The molecule has 0 aliphatic heterocycles. The molecule has 1 aromatic carbocycles. The van der Waals surface area contributed by atoms with Gasteiger partial charge in [-0.3, -0.25) is 4.79 Å². The topological polar surface area (TPSA) is 59.6 Å². The summed E-state index contributed by atoms with van der Waals surface area (Å²) in [5.74, 6) is 0.557. The molecular formula is C15H24N2O3. The number of methoxy groups -OCH3 is 1. The average Bonchev–Trinajstić information content (AvgIpc) is 2.43. The maximum Gasteiger partial charge on any atom is 0.258 e. The van der Waals surface area contributed by atoms with Crippen molar-refractivity contribution in [1.82, 2.24) is 10.6 Å². The van der Waals surface area contributed by atoms with Crippen LogP contribution in [0.1, 0.15) is 19.4 Å². The van der Waals surface area contributed by atoms with Gasteiger partial charge in [0.25, 0.3) is 5.91 Å². The summed E-state index contributed by atoms with van der Waals surface area (Å²) in [4.78, 5) is 11.7. The molecule has 1 rings (SSSR count). The van der Waals surface area contributed by atoms with E-state index in [1.54, 1.807) is 7.11 Å². The van der Waals surface area contributed by atoms with E-state index in [0.717, 1.165) is 18.7 Å². The van der Waals surface area contributed by atoms with E-state index in [1.165, 1.54) is 0 Å². The summed E-state index contributed by atoms with van der Waals surface area (Å²) in [5, 5.41) is 6.05. The maximum absolute atomic E-state index is 11.7. The van der Waals surface area contributed by atoms with Gasteiger partial charge in [-0.2, -0.15) is 0 Å². The lowest BCUT2D eigenvalue weighted by Gasteiger charge is -2.13. The molecule has 5 nitrogen and oxygen atoms in total. The minimum Gasteiger partial charge on any atom is -0.484 e. The van der Waals surface area contributed by atoms with Gasteiger partial charge in [-0.05, 0) is 31.2 Å². The zero-order valence-electron chi connectivity index (χ0n) is 12.4. The van der Waals surface area contributed by atoms with Crippen LogP contribution in [0.5, 0.6) is 5.75 Å². The fourth-order valence-corrected chi connectivity index (χ4v) is 1.77. The summed E-state index contributed by atoms with van der Waals surface area (Å²) in [6.07, 6.45) is 0. The van der Waals surface area contributed by atoms with Gasteiger partial charge in [-0.1, -0.05) is 19.1 Å². The molecule has 0 saturated heterocycles. The normalized spacial score (nSPS) is 11.9. The first-order chi connectivity index (χ1) is 9.65. The van der Waals surface area contributed by atoms with Crippen molar-refractivity contribution in [2.24, 2.45) is 0 Å². The fourth-order valence-electron chi connectivity index (χ4n) is 1.77. The van der Waals surface area contributed by atoms with Crippen LogP contribution in [0.25, 0.3) is 0 Å². The third kappa shape index (κ3) is 6.54. The Labute approximate surface area is 120 Å². The Balaban J connectivity index is 2.39. The molecule has 20 heavy (non-hydrogen) atoms. The number of carbonyl (C=O) groups is 1. The largest absolute Gasteiger partial charge is 0.484 e. The van der Waals surface area contributed by atoms with Gasteiger partial charge in [-0.15, -0.1) is 0 Å². The van der Waals surface area contributed by atoms with Gasteiger partial charge < -0.3 is 20.1 Å². The third-order valence-corrected chi connectivity index (χ3v) is 2.67. The van der Waals surface area contributed by atoms with Crippen molar-refractivity contribution in [3.8, 4) is 5.75 Å². The molecule has 0 fully saturated rings. The Morgan fingerprint density at radius 1 is 1.40 bits per heavy atom. The van der Waals surface area contributed by atoms with E-state index in [2.05, 4.69) is 17.6 Å². The molecule has 1 unspecified atom stereocenters. The molecular weight excluding hydrogens is 256 g/mol. The first-order valence-electron chi connectivity index (χ1n) is 6.86. The summed E-state index contributed by atoms with van der Waals surface area (Å²) in [6, 6.07) is 7.72. The van der Waals surface area contributed by atoms with Crippen LogP contribution in [0.4, 0.5) is 0 Å². The van der Waals surface area contributed by atoms with Crippen molar-refractivity contribution in [1.29, 1.82) is 0 Å². The number of rotatable bonds is 9. The number of ether oxygens (including phenoxy) is 2. The van der Waals surface area contributed by atoms with Crippen molar-refractivity contribution in [3.05, 3.63) is 29.8 Å². The Kier molecular flexibility index (Phi) is 7.69. The van der Waals surface area contributed by atoms with Gasteiger partial charge in [0.05, 0.1) is 6.61 Å². The zero-order valence-corrected chi connectivity index (χ0v) is 12.4. The van der Waals surface area contributed by atoms with E-state index in [4.69, 9.17) is 9.47 Å². The maximum atomic E-state index is 11.7. The van der Waals surface area contributed by atoms with Gasteiger partial charge in [0.1, 0.15) is 5.75 Å². The third-order valence-electron chi connectivity index (χ3n) is 2.67. The molecule has 0 bridgehead atoms. The van der Waals surface area contributed by atoms with Crippen LogP contribution in [0.3, 0.4) is 0 Å². The highest BCUT2D eigenvalue weighted by molar-refractivity contribution is 5.77. The Morgan fingerprint density at radius 3 is 2.90 bits per heavy atom. The Morgan fingerprint density at radius 2 is 2.20 bits per heavy atom. The molecule has 1 aromatic rings. The van der Waals surface area contributed by atoms with E-state index < -0.39 is 0 Å². The smallest absolute Gasteiger partial charge is 0.258 e. The molecule has 2 N–H and O–H groups in total. The number of nitrogens with one attached hydrogen (secondary N) is 2. The monoisotopic (exact) mass is 280 g/mol. The Hall–Kier alpha value is -1.59. The van der Waals surface area contributed by atoms with Crippen molar-refractivity contribution < 1.29 is 14.3 Å². The Bertz CT molecular complexity index is 410. The first-order valence-corrected chi connectivity index (χ1v) is 6.86. The van der Waals surface area contributed by atoms with E-state index in [-0.39, 0.29) is 18.6 Å². The van der Waals surface area contributed by atoms with Gasteiger partial charge in [0.2, 0.25) is 0 Å². The van der Waals surface area contributed by atoms with Gasteiger partial charge in [-0.25, -0.2) is 0 Å². The van der Waals surface area contributed by atoms with Crippen LogP contribution >= 0.6 is 0 Å². The number of benzene rings is 1. The number of carbonyl (C=O) groups excluding carboxylic acids is 1. The summed E-state index contributed by atoms with van der Waals surface area (Å²) in [7, 11) is 1.61. The molecule has 0 aromatic heterocycles. The van der Waals surface area contributed by atoms with Crippen molar-refractivity contribution in [2.45, 2.75) is 26.4 Å². The van der Waals surface area contributed by atoms with E-state index >= 15 is 0 Å². The highest BCUT2D eigenvalue weighted by Gasteiger charge is 2.07. The zero-order chi connectivity index (χ0) is 14.8. The van der Waals surface area contributed by atoms with Gasteiger partial charge >= 0.3 is 0 Å². The lowest BCUT2D eigenvalue weighted by atomic mass is 10.2. The molecule has 0 aliphatic carbocycles. The van der Waals surface area contributed by atoms with Crippen molar-refractivity contribution in [3.63, 3.8) is 0 Å². The average molecular weight is 280 g/mol. The highest BCUT2D eigenvalue weighted by Crippen LogP contribution is 2.13. The van der Waals surface area contributed by atoms with E-state index in [9.17, 15) is 4.79 Å². The van der Waals surface area contributed by atoms with E-state index in [1.807, 2.05) is 31.2 Å². The molecule has 0 spiro atoms. The van der Waals surface area contributed by atoms with Gasteiger partial charge in [0.15, 0.2) is 6.61 Å². The second-order valence-corrected chi connectivity index (χ2v) is 4.64. The summed E-state index contributed by atoms with van der Waals surface area (Å²) in [6.45, 7) is 6.17. The molecule has 112 valence electrons. The van der Waals surface area contributed by atoms with E-state index in [0.29, 0.717) is 12.4 Å². The number of amides is 1. The standard InChI is InChI=1S/C15H24N2O3/c1-4-16-9-13-6-5-7-14(8-13)20-11-15(18)17-12(2)10-19-3/h5-8,12,16H,4,9-11H2,1-3H3,(H,17,18). The minimum atomic E-state index is -0.147. The molecule has 0 radical (unpaired) electrons. The predicted octanol–water partition coefficient (Wildman–Crippen LogP) is 1.33. The molecule has 0 saturated carbocycles. The summed E-state index contributed by atoms with van der Waals surface area (Å²) >= 11 is 0. The number of hydrogen-bond acceptors (Lipinski definition) is 4. The summed E-state index contributed by atoms with van der Waals surface area (Å²) < 4.78 is 10.4. The van der Waals surface area contributed by atoms with Gasteiger partial charge in [0, 0.05) is 19.7 Å². The molecule has 1 atom stereocenters.